The highest BCUT2D eigenvalue weighted by Crippen LogP contribution is 2.28. The van der Waals surface area contributed by atoms with Crippen LogP contribution in [-0.4, -0.2) is 22.6 Å². The molecule has 1 aliphatic heterocycles. The van der Waals surface area contributed by atoms with Gasteiger partial charge in [0.15, 0.2) is 11.5 Å². The van der Waals surface area contributed by atoms with Crippen LogP contribution in [0.5, 0.6) is 0 Å². The Morgan fingerprint density at radius 2 is 2.09 bits per heavy atom. The van der Waals surface area contributed by atoms with Gasteiger partial charge >= 0.3 is 0 Å². The number of aromatic nitrogens is 2. The monoisotopic (exact) mass is 305 g/mol. The molecule has 5 nitrogen and oxygen atoms in total. The minimum absolute atomic E-state index is 0.129. The second-order valence-electron chi connectivity index (χ2n) is 5.51. The van der Waals surface area contributed by atoms with Crippen LogP contribution in [0.2, 0.25) is 0 Å². The molecule has 1 aliphatic rings. The molecule has 0 saturated heterocycles. The molecule has 0 atom stereocenters. The number of pyridine rings is 1. The Morgan fingerprint density at radius 3 is 2.96 bits per heavy atom. The molecule has 5 heteroatoms. The van der Waals surface area contributed by atoms with Gasteiger partial charge in [-0.15, -0.1) is 0 Å². The van der Waals surface area contributed by atoms with E-state index in [9.17, 15) is 4.79 Å². The zero-order valence-electron chi connectivity index (χ0n) is 12.5. The maximum Gasteiger partial charge on any atom is 0.280 e. The van der Waals surface area contributed by atoms with E-state index in [4.69, 9.17) is 4.52 Å². The van der Waals surface area contributed by atoms with Gasteiger partial charge in [-0.25, -0.2) is 0 Å². The zero-order valence-corrected chi connectivity index (χ0v) is 12.5. The number of rotatable bonds is 2. The molecule has 0 N–H and O–H groups in total. The maximum absolute atomic E-state index is 12.8. The van der Waals surface area contributed by atoms with E-state index in [2.05, 4.69) is 16.2 Å². The third-order valence-corrected chi connectivity index (χ3v) is 4.03. The minimum atomic E-state index is -0.129. The fourth-order valence-electron chi connectivity index (χ4n) is 2.90. The lowest BCUT2D eigenvalue weighted by Crippen LogP contribution is -2.35. The lowest BCUT2D eigenvalue weighted by molar-refractivity contribution is 0.0976. The summed E-state index contributed by atoms with van der Waals surface area (Å²) in [5.74, 6) is 0.419. The number of amides is 1. The van der Waals surface area contributed by atoms with E-state index < -0.39 is 0 Å². The first-order valence-electron chi connectivity index (χ1n) is 7.60. The van der Waals surface area contributed by atoms with Gasteiger partial charge in [0.05, 0.1) is 0 Å². The van der Waals surface area contributed by atoms with Gasteiger partial charge in [-0.2, -0.15) is 0 Å². The van der Waals surface area contributed by atoms with Crippen molar-refractivity contribution in [2.45, 2.75) is 12.8 Å². The highest BCUT2D eigenvalue weighted by Gasteiger charge is 2.25. The molecule has 3 aromatic rings. The Balaban J connectivity index is 1.65. The first-order valence-corrected chi connectivity index (χ1v) is 7.60. The van der Waals surface area contributed by atoms with Crippen LogP contribution in [0, 0.1) is 0 Å². The quantitative estimate of drug-likeness (QED) is 0.728. The predicted octanol–water partition coefficient (Wildman–Crippen LogP) is 3.33. The van der Waals surface area contributed by atoms with Crippen molar-refractivity contribution >= 4 is 11.6 Å². The van der Waals surface area contributed by atoms with E-state index in [1.165, 1.54) is 5.56 Å². The lowest BCUT2D eigenvalue weighted by Gasteiger charge is -2.28. The molecule has 1 amide bonds. The number of hydrogen-bond donors (Lipinski definition) is 0. The molecule has 0 bridgehead atoms. The zero-order chi connectivity index (χ0) is 15.6. The number of anilines is 1. The number of nitrogens with zero attached hydrogens (tertiary/aromatic N) is 3. The molecule has 0 saturated carbocycles. The minimum Gasteiger partial charge on any atom is -0.355 e. The van der Waals surface area contributed by atoms with Gasteiger partial charge in [0.1, 0.15) is 0 Å². The van der Waals surface area contributed by atoms with Crippen LogP contribution in [0.4, 0.5) is 5.69 Å². The van der Waals surface area contributed by atoms with Crippen molar-refractivity contribution in [2.24, 2.45) is 0 Å². The largest absolute Gasteiger partial charge is 0.355 e. The highest BCUT2D eigenvalue weighted by molar-refractivity contribution is 6.05. The molecule has 0 fully saturated rings. The fraction of sp³-hybridized carbons (Fsp3) is 0.167. The molecule has 0 radical (unpaired) electrons. The molecule has 0 aliphatic carbocycles. The summed E-state index contributed by atoms with van der Waals surface area (Å²) in [6.45, 7) is 0.699. The second kappa shape index (κ2) is 5.68. The van der Waals surface area contributed by atoms with Gasteiger partial charge in [0.2, 0.25) is 0 Å². The van der Waals surface area contributed by atoms with Gasteiger partial charge in [0.25, 0.3) is 5.91 Å². The summed E-state index contributed by atoms with van der Waals surface area (Å²) >= 11 is 0. The molecule has 1 aromatic carbocycles. The molecule has 0 unspecified atom stereocenters. The van der Waals surface area contributed by atoms with Crippen molar-refractivity contribution in [1.82, 2.24) is 10.1 Å². The van der Waals surface area contributed by atoms with Crippen molar-refractivity contribution in [1.29, 1.82) is 0 Å². The van der Waals surface area contributed by atoms with E-state index in [0.29, 0.717) is 18.0 Å². The molecule has 0 spiro atoms. The first-order chi connectivity index (χ1) is 11.3. The summed E-state index contributed by atoms with van der Waals surface area (Å²) in [4.78, 5) is 18.6. The molecule has 23 heavy (non-hydrogen) atoms. The number of carbonyl (C=O) groups excluding carboxylic acids is 1. The Kier molecular flexibility index (Phi) is 3.38. The Morgan fingerprint density at radius 1 is 1.17 bits per heavy atom. The smallest absolute Gasteiger partial charge is 0.280 e. The van der Waals surface area contributed by atoms with Crippen LogP contribution in [0.3, 0.4) is 0 Å². The summed E-state index contributed by atoms with van der Waals surface area (Å²) in [7, 11) is 0. The fourth-order valence-corrected chi connectivity index (χ4v) is 2.90. The van der Waals surface area contributed by atoms with Crippen LogP contribution in [-0.2, 0) is 6.42 Å². The van der Waals surface area contributed by atoms with Gasteiger partial charge < -0.3 is 9.42 Å². The third-order valence-electron chi connectivity index (χ3n) is 4.03. The summed E-state index contributed by atoms with van der Waals surface area (Å²) in [6.07, 6.45) is 5.33. The van der Waals surface area contributed by atoms with Gasteiger partial charge in [-0.05, 0) is 36.6 Å². The van der Waals surface area contributed by atoms with Crippen LogP contribution in [0.1, 0.15) is 22.5 Å². The van der Waals surface area contributed by atoms with E-state index in [0.717, 1.165) is 24.1 Å². The summed E-state index contributed by atoms with van der Waals surface area (Å²) in [5, 5.41) is 3.95. The lowest BCUT2D eigenvalue weighted by atomic mass is 10.0. The van der Waals surface area contributed by atoms with Gasteiger partial charge in [-0.3, -0.25) is 9.78 Å². The number of fused-ring (bicyclic) bond motifs is 1. The Labute approximate surface area is 133 Å². The molecule has 2 aromatic heterocycles. The van der Waals surface area contributed by atoms with Crippen LogP contribution >= 0.6 is 0 Å². The van der Waals surface area contributed by atoms with Crippen LogP contribution in [0.15, 0.2) is 59.4 Å². The van der Waals surface area contributed by atoms with Crippen molar-refractivity contribution in [2.75, 3.05) is 11.4 Å². The maximum atomic E-state index is 12.8. The van der Waals surface area contributed by atoms with Crippen molar-refractivity contribution in [3.8, 4) is 11.3 Å². The van der Waals surface area contributed by atoms with Gasteiger partial charge in [-0.1, -0.05) is 23.4 Å². The normalized spacial score (nSPS) is 13.7. The topological polar surface area (TPSA) is 59.2 Å². The number of hydrogen-bond acceptors (Lipinski definition) is 4. The highest BCUT2D eigenvalue weighted by atomic mass is 16.5. The van der Waals surface area contributed by atoms with E-state index in [-0.39, 0.29) is 5.91 Å². The molecular formula is C18H15N3O2. The summed E-state index contributed by atoms with van der Waals surface area (Å²) in [6, 6.07) is 13.4. The van der Waals surface area contributed by atoms with Crippen molar-refractivity contribution in [3.63, 3.8) is 0 Å². The summed E-state index contributed by atoms with van der Waals surface area (Å²) in [5.41, 5.74) is 3.29. The molecule has 3 heterocycles. The Bertz CT molecular complexity index is 842. The number of carbonyl (C=O) groups is 1. The van der Waals surface area contributed by atoms with E-state index in [1.807, 2.05) is 30.3 Å². The van der Waals surface area contributed by atoms with E-state index >= 15 is 0 Å². The average molecular weight is 305 g/mol. The summed E-state index contributed by atoms with van der Waals surface area (Å²) < 4.78 is 5.31. The Hall–Kier alpha value is -2.95. The predicted molar refractivity (Wildman–Crippen MR) is 86.2 cm³/mol. The van der Waals surface area contributed by atoms with Crippen molar-refractivity contribution < 1.29 is 9.32 Å². The molecule has 114 valence electrons. The van der Waals surface area contributed by atoms with Crippen LogP contribution in [0.25, 0.3) is 11.3 Å². The standard InChI is InChI=1S/C18H15N3O2/c22-18(21-10-4-7-13-5-1-2-8-16(13)21)15-11-17(23-20-15)14-6-3-9-19-12-14/h1-3,5-6,8-9,11-12H,4,7,10H2. The van der Waals surface area contributed by atoms with Crippen molar-refractivity contribution in [3.05, 3.63) is 66.1 Å². The SMILES string of the molecule is O=C(c1cc(-c2cccnc2)on1)N1CCCc2ccccc21. The third kappa shape index (κ3) is 2.50. The number of benzene rings is 1. The molecule has 4 rings (SSSR count). The van der Waals surface area contributed by atoms with Gasteiger partial charge in [0, 0.05) is 36.3 Å². The first kappa shape index (κ1) is 13.7. The second-order valence-corrected chi connectivity index (χ2v) is 5.51. The number of para-hydroxylation sites is 1. The molecular weight excluding hydrogens is 290 g/mol. The van der Waals surface area contributed by atoms with E-state index in [1.54, 1.807) is 23.4 Å². The average Bonchev–Trinajstić information content (AvgIpc) is 3.11. The number of aryl methyl sites for hydroxylation is 1. The van der Waals surface area contributed by atoms with Crippen LogP contribution < -0.4 is 4.90 Å².